The Labute approximate surface area is 190 Å². The monoisotopic (exact) mass is 457 g/mol. The highest BCUT2D eigenvalue weighted by Crippen LogP contribution is 2.27. The van der Waals surface area contributed by atoms with Crippen molar-refractivity contribution >= 4 is 21.6 Å². The van der Waals surface area contributed by atoms with Crippen LogP contribution >= 0.6 is 0 Å². The number of hydrogen-bond donors (Lipinski definition) is 0. The Bertz CT molecular complexity index is 1580. The Kier molecular flexibility index (Phi) is 5.82. The first kappa shape index (κ1) is 22.0. The van der Waals surface area contributed by atoms with E-state index in [4.69, 9.17) is 4.74 Å². The average molecular weight is 458 g/mol. The standard InChI is InChI=1S/C25H19N3O4S/c1-17-10-12-19(13-11-17)32-24-22(25(29)28-14-6-7-18(2)23(28)27-24)15-21(16-26)33(30,31)20-8-4-3-5-9-20/h3-15H,1-2H3/b21-15+. The van der Waals surface area contributed by atoms with Gasteiger partial charge in [-0.2, -0.15) is 10.2 Å². The molecule has 2 aromatic heterocycles. The van der Waals surface area contributed by atoms with E-state index < -0.39 is 20.3 Å². The van der Waals surface area contributed by atoms with Crippen molar-refractivity contribution < 1.29 is 13.2 Å². The lowest BCUT2D eigenvalue weighted by atomic mass is 10.2. The molecule has 0 aliphatic heterocycles. The van der Waals surface area contributed by atoms with Crippen molar-refractivity contribution in [2.45, 2.75) is 18.7 Å². The van der Waals surface area contributed by atoms with Crippen LogP contribution in [0.15, 0.2) is 87.5 Å². The summed E-state index contributed by atoms with van der Waals surface area (Å²) < 4.78 is 33.3. The molecule has 0 saturated heterocycles. The second-order valence-corrected chi connectivity index (χ2v) is 9.29. The quantitative estimate of drug-likeness (QED) is 0.411. The minimum Gasteiger partial charge on any atom is -0.438 e. The Hall–Kier alpha value is -4.22. The van der Waals surface area contributed by atoms with Gasteiger partial charge in [-0.3, -0.25) is 9.20 Å². The lowest BCUT2D eigenvalue weighted by molar-refractivity contribution is 0.460. The van der Waals surface area contributed by atoms with Crippen molar-refractivity contribution in [1.29, 1.82) is 5.26 Å². The van der Waals surface area contributed by atoms with E-state index in [2.05, 4.69) is 4.98 Å². The molecule has 0 fully saturated rings. The normalized spacial score (nSPS) is 11.8. The van der Waals surface area contributed by atoms with Crippen LogP contribution in [0.2, 0.25) is 0 Å². The third-order valence-corrected chi connectivity index (χ3v) is 6.69. The molecule has 7 nitrogen and oxygen atoms in total. The summed E-state index contributed by atoms with van der Waals surface area (Å²) in [5, 5.41) is 9.68. The molecule has 164 valence electrons. The molecule has 4 aromatic rings. The number of fused-ring (bicyclic) bond motifs is 1. The second kappa shape index (κ2) is 8.73. The zero-order valence-electron chi connectivity index (χ0n) is 17.9. The summed E-state index contributed by atoms with van der Waals surface area (Å²) >= 11 is 0. The summed E-state index contributed by atoms with van der Waals surface area (Å²) in [6, 6.07) is 19.9. The van der Waals surface area contributed by atoms with E-state index in [1.807, 2.05) is 19.1 Å². The van der Waals surface area contributed by atoms with Gasteiger partial charge in [0.05, 0.1) is 4.90 Å². The van der Waals surface area contributed by atoms with Crippen LogP contribution in [0.1, 0.15) is 16.7 Å². The van der Waals surface area contributed by atoms with E-state index in [0.29, 0.717) is 11.4 Å². The van der Waals surface area contributed by atoms with Crippen molar-refractivity contribution in [1.82, 2.24) is 9.38 Å². The number of pyridine rings is 1. The van der Waals surface area contributed by atoms with Crippen molar-refractivity contribution in [3.63, 3.8) is 0 Å². The van der Waals surface area contributed by atoms with Crippen LogP contribution < -0.4 is 10.3 Å². The van der Waals surface area contributed by atoms with Gasteiger partial charge in [0, 0.05) is 6.20 Å². The second-order valence-electron chi connectivity index (χ2n) is 7.37. The lowest BCUT2D eigenvalue weighted by Crippen LogP contribution is -2.20. The van der Waals surface area contributed by atoms with Gasteiger partial charge in [-0.05, 0) is 55.8 Å². The number of benzene rings is 2. The van der Waals surface area contributed by atoms with Gasteiger partial charge in [0.15, 0.2) is 0 Å². The number of allylic oxidation sites excluding steroid dienone is 1. The number of nitrogens with zero attached hydrogens (tertiary/aromatic N) is 3. The van der Waals surface area contributed by atoms with Crippen LogP contribution in [-0.4, -0.2) is 17.8 Å². The zero-order valence-corrected chi connectivity index (χ0v) is 18.7. The highest BCUT2D eigenvalue weighted by molar-refractivity contribution is 7.95. The fourth-order valence-corrected chi connectivity index (χ4v) is 4.40. The molecule has 33 heavy (non-hydrogen) atoms. The molecule has 0 bridgehead atoms. The predicted octanol–water partition coefficient (Wildman–Crippen LogP) is 4.44. The smallest absolute Gasteiger partial charge is 0.269 e. The summed E-state index contributed by atoms with van der Waals surface area (Å²) in [4.78, 5) is 17.2. The summed E-state index contributed by atoms with van der Waals surface area (Å²) in [6.07, 6.45) is 2.55. The van der Waals surface area contributed by atoms with Gasteiger partial charge < -0.3 is 4.74 Å². The van der Waals surface area contributed by atoms with Crippen molar-refractivity contribution in [3.8, 4) is 17.7 Å². The summed E-state index contributed by atoms with van der Waals surface area (Å²) in [6.45, 7) is 3.73. The van der Waals surface area contributed by atoms with Gasteiger partial charge in [-0.15, -0.1) is 0 Å². The van der Waals surface area contributed by atoms with Crippen molar-refractivity contribution in [2.24, 2.45) is 0 Å². The highest BCUT2D eigenvalue weighted by Gasteiger charge is 2.23. The predicted molar refractivity (Wildman–Crippen MR) is 125 cm³/mol. The van der Waals surface area contributed by atoms with Gasteiger partial charge >= 0.3 is 0 Å². The first-order valence-electron chi connectivity index (χ1n) is 9.99. The molecule has 4 rings (SSSR count). The number of ether oxygens (including phenoxy) is 1. The molecule has 0 spiro atoms. The molecule has 0 atom stereocenters. The number of hydrogen-bond acceptors (Lipinski definition) is 6. The van der Waals surface area contributed by atoms with Crippen molar-refractivity contribution in [2.75, 3.05) is 0 Å². The maximum Gasteiger partial charge on any atom is 0.269 e. The van der Waals surface area contributed by atoms with Crippen LogP contribution in [0, 0.1) is 25.2 Å². The van der Waals surface area contributed by atoms with Crippen LogP contribution in [0.3, 0.4) is 0 Å². The molecule has 0 amide bonds. The molecule has 0 unspecified atom stereocenters. The number of aromatic nitrogens is 2. The fourth-order valence-electron chi connectivity index (χ4n) is 3.24. The van der Waals surface area contributed by atoms with Crippen LogP contribution in [-0.2, 0) is 9.84 Å². The summed E-state index contributed by atoms with van der Waals surface area (Å²) in [5.74, 6) is 0.332. The van der Waals surface area contributed by atoms with E-state index in [9.17, 15) is 18.5 Å². The number of rotatable bonds is 5. The van der Waals surface area contributed by atoms with Crippen molar-refractivity contribution in [3.05, 3.63) is 105 Å². The first-order chi connectivity index (χ1) is 15.8. The highest BCUT2D eigenvalue weighted by atomic mass is 32.2. The van der Waals surface area contributed by atoms with Gasteiger partial charge in [0.25, 0.3) is 5.56 Å². The molecule has 0 aliphatic carbocycles. The Balaban J connectivity index is 1.97. The van der Waals surface area contributed by atoms with Gasteiger partial charge in [0.1, 0.15) is 27.9 Å². The zero-order chi connectivity index (χ0) is 23.6. The number of sulfone groups is 1. The minimum absolute atomic E-state index is 0.0523. The van der Waals surface area contributed by atoms with Crippen LogP contribution in [0.4, 0.5) is 0 Å². The topological polar surface area (TPSA) is 102 Å². The van der Waals surface area contributed by atoms with Crippen LogP contribution in [0.25, 0.3) is 11.7 Å². The van der Waals surface area contributed by atoms with E-state index in [0.717, 1.165) is 17.2 Å². The summed E-state index contributed by atoms with van der Waals surface area (Å²) in [7, 11) is -4.15. The van der Waals surface area contributed by atoms with Gasteiger partial charge in [-0.25, -0.2) is 8.42 Å². The molecule has 2 aromatic carbocycles. The maximum absolute atomic E-state index is 13.4. The number of aryl methyl sites for hydroxylation is 2. The average Bonchev–Trinajstić information content (AvgIpc) is 2.81. The molecule has 2 heterocycles. The Morgan fingerprint density at radius 3 is 2.39 bits per heavy atom. The Morgan fingerprint density at radius 1 is 1.03 bits per heavy atom. The van der Waals surface area contributed by atoms with E-state index in [-0.39, 0.29) is 16.3 Å². The van der Waals surface area contributed by atoms with E-state index >= 15 is 0 Å². The fraction of sp³-hybridized carbons (Fsp3) is 0.0800. The molecule has 0 saturated carbocycles. The maximum atomic E-state index is 13.4. The lowest BCUT2D eigenvalue weighted by Gasteiger charge is -2.12. The SMILES string of the molecule is Cc1ccc(Oc2nc3c(C)cccn3c(=O)c2/C=C(\C#N)S(=O)(=O)c2ccccc2)cc1. The third kappa shape index (κ3) is 4.27. The largest absolute Gasteiger partial charge is 0.438 e. The molecule has 0 radical (unpaired) electrons. The van der Waals surface area contributed by atoms with E-state index in [1.165, 1.54) is 22.7 Å². The van der Waals surface area contributed by atoms with E-state index in [1.54, 1.807) is 55.5 Å². The summed E-state index contributed by atoms with van der Waals surface area (Å²) in [5.41, 5.74) is 1.42. The first-order valence-corrected chi connectivity index (χ1v) is 11.5. The van der Waals surface area contributed by atoms with Gasteiger partial charge in [-0.1, -0.05) is 42.0 Å². The molecule has 0 N–H and O–H groups in total. The molecular formula is C25H19N3O4S. The number of nitriles is 1. The molecular weight excluding hydrogens is 438 g/mol. The third-order valence-electron chi connectivity index (χ3n) is 5.01. The Morgan fingerprint density at radius 2 is 1.73 bits per heavy atom. The molecule has 0 aliphatic rings. The van der Waals surface area contributed by atoms with Crippen LogP contribution in [0.5, 0.6) is 11.6 Å². The molecule has 8 heteroatoms. The minimum atomic E-state index is -4.15. The van der Waals surface area contributed by atoms with Gasteiger partial charge in [0.2, 0.25) is 15.7 Å².